The average molecular weight is 284 g/mol. The zero-order valence-corrected chi connectivity index (χ0v) is 11.7. The zero-order valence-electron chi connectivity index (χ0n) is 11.7. The lowest BCUT2D eigenvalue weighted by Gasteiger charge is -2.30. The van der Waals surface area contributed by atoms with Crippen LogP contribution in [0.4, 0.5) is 0 Å². The van der Waals surface area contributed by atoms with E-state index in [1.54, 1.807) is 0 Å². The Labute approximate surface area is 127 Å². The van der Waals surface area contributed by atoms with Gasteiger partial charge in [-0.25, -0.2) is 0 Å². The van der Waals surface area contributed by atoms with Crippen LogP contribution in [0.2, 0.25) is 0 Å². The summed E-state index contributed by atoms with van der Waals surface area (Å²) in [6.07, 6.45) is 12.4. The number of allylic oxidation sites excluding steroid dienone is 5. The molecule has 2 unspecified atom stereocenters. The minimum absolute atomic E-state index is 0.0766. The Kier molecular flexibility index (Phi) is 2.20. The van der Waals surface area contributed by atoms with Gasteiger partial charge in [0.2, 0.25) is 0 Å². The molecular formula is C19H12N2O. The molecule has 5 rings (SSSR count). The lowest BCUT2D eigenvalue weighted by Crippen LogP contribution is -2.28. The molecule has 0 amide bonds. The fourth-order valence-corrected chi connectivity index (χ4v) is 3.63. The molecule has 3 heteroatoms. The van der Waals surface area contributed by atoms with E-state index in [2.05, 4.69) is 28.5 Å². The number of carbonyl (C=O) groups excluding carboxylic acids is 1. The summed E-state index contributed by atoms with van der Waals surface area (Å²) in [5, 5.41) is 8.95. The largest absolute Gasteiger partial charge is 0.288 e. The van der Waals surface area contributed by atoms with E-state index in [0.29, 0.717) is 0 Å². The molecule has 0 saturated carbocycles. The van der Waals surface area contributed by atoms with Crippen LogP contribution in [0.15, 0.2) is 87.7 Å². The summed E-state index contributed by atoms with van der Waals surface area (Å²) in [6.45, 7) is 0. The first-order valence-corrected chi connectivity index (χ1v) is 7.41. The SMILES string of the molecule is O=C1C2=C(N=NC3C2=CC=C2C=CC=CC23)c2ccccc21. The molecule has 0 bridgehead atoms. The molecule has 3 nitrogen and oxygen atoms in total. The van der Waals surface area contributed by atoms with E-state index in [0.717, 1.165) is 28.0 Å². The normalized spacial score (nSPS) is 27.0. The molecule has 1 aliphatic heterocycles. The smallest absolute Gasteiger partial charge is 0.196 e. The predicted octanol–water partition coefficient (Wildman–Crippen LogP) is 4.04. The molecule has 22 heavy (non-hydrogen) atoms. The summed E-state index contributed by atoms with van der Waals surface area (Å²) in [7, 11) is 0. The molecular weight excluding hydrogens is 272 g/mol. The molecule has 0 spiro atoms. The molecule has 1 aromatic carbocycles. The zero-order chi connectivity index (χ0) is 14.7. The van der Waals surface area contributed by atoms with Crippen molar-refractivity contribution in [2.45, 2.75) is 6.04 Å². The number of hydrogen-bond acceptors (Lipinski definition) is 3. The summed E-state index contributed by atoms with van der Waals surface area (Å²) >= 11 is 0. The Morgan fingerprint density at radius 3 is 2.77 bits per heavy atom. The van der Waals surface area contributed by atoms with Crippen molar-refractivity contribution in [3.05, 3.63) is 88.6 Å². The molecule has 0 saturated heterocycles. The number of azo groups is 1. The van der Waals surface area contributed by atoms with E-state index in [1.165, 1.54) is 5.57 Å². The first-order chi connectivity index (χ1) is 10.8. The van der Waals surface area contributed by atoms with Crippen LogP contribution >= 0.6 is 0 Å². The van der Waals surface area contributed by atoms with Gasteiger partial charge in [-0.15, -0.1) is 0 Å². The van der Waals surface area contributed by atoms with E-state index in [1.807, 2.05) is 42.5 Å². The third kappa shape index (κ3) is 1.38. The second kappa shape index (κ2) is 4.10. The van der Waals surface area contributed by atoms with Crippen LogP contribution in [0, 0.1) is 5.92 Å². The van der Waals surface area contributed by atoms with E-state index in [9.17, 15) is 4.79 Å². The molecule has 4 aliphatic rings. The van der Waals surface area contributed by atoms with Crippen molar-refractivity contribution >= 4 is 11.5 Å². The van der Waals surface area contributed by atoms with Gasteiger partial charge in [-0.1, -0.05) is 60.7 Å². The van der Waals surface area contributed by atoms with Gasteiger partial charge in [0.1, 0.15) is 11.7 Å². The Hall–Kier alpha value is -2.81. The monoisotopic (exact) mass is 284 g/mol. The number of benzene rings is 1. The first kappa shape index (κ1) is 11.8. The quantitative estimate of drug-likeness (QED) is 0.709. The summed E-state index contributed by atoms with van der Waals surface area (Å²) in [5.74, 6) is 0.256. The highest BCUT2D eigenvalue weighted by Crippen LogP contribution is 2.46. The third-order valence-electron chi connectivity index (χ3n) is 4.68. The van der Waals surface area contributed by atoms with Gasteiger partial charge in [0.25, 0.3) is 0 Å². The van der Waals surface area contributed by atoms with Gasteiger partial charge in [-0.3, -0.25) is 4.79 Å². The molecule has 0 fully saturated rings. The van der Waals surface area contributed by atoms with Gasteiger partial charge in [0, 0.05) is 17.0 Å². The van der Waals surface area contributed by atoms with E-state index in [-0.39, 0.29) is 17.7 Å². The Balaban J connectivity index is 1.71. The van der Waals surface area contributed by atoms with Crippen molar-refractivity contribution in [2.75, 3.05) is 0 Å². The standard InChI is InChI=1S/C19H12N2O/c22-19-14-8-4-3-7-13(14)18-16(19)15-10-9-11-5-1-2-6-12(11)17(15)20-21-18/h1-10,12,17H. The highest BCUT2D eigenvalue weighted by molar-refractivity contribution is 6.23. The van der Waals surface area contributed by atoms with E-state index < -0.39 is 0 Å². The number of fused-ring (bicyclic) bond motifs is 6. The van der Waals surface area contributed by atoms with Gasteiger partial charge in [0.15, 0.2) is 5.78 Å². The Morgan fingerprint density at radius 2 is 1.86 bits per heavy atom. The molecule has 3 aliphatic carbocycles. The van der Waals surface area contributed by atoms with Crippen LogP contribution in [0.5, 0.6) is 0 Å². The van der Waals surface area contributed by atoms with Crippen molar-refractivity contribution in [1.29, 1.82) is 0 Å². The van der Waals surface area contributed by atoms with Crippen LogP contribution in [0.1, 0.15) is 15.9 Å². The summed E-state index contributed by atoms with van der Waals surface area (Å²) in [4.78, 5) is 12.8. The number of Topliss-reactive ketones (excluding diaryl/α,β-unsaturated/α-hetero) is 1. The van der Waals surface area contributed by atoms with Crippen molar-refractivity contribution in [1.82, 2.24) is 0 Å². The van der Waals surface area contributed by atoms with Gasteiger partial charge in [-0.2, -0.15) is 10.2 Å². The second-order valence-corrected chi connectivity index (χ2v) is 5.82. The van der Waals surface area contributed by atoms with E-state index >= 15 is 0 Å². The second-order valence-electron chi connectivity index (χ2n) is 5.82. The molecule has 104 valence electrons. The van der Waals surface area contributed by atoms with Crippen LogP contribution < -0.4 is 0 Å². The maximum Gasteiger partial charge on any atom is 0.196 e. The molecule has 1 aromatic rings. The number of ketones is 1. The van der Waals surface area contributed by atoms with Gasteiger partial charge >= 0.3 is 0 Å². The molecule has 0 aromatic heterocycles. The van der Waals surface area contributed by atoms with Crippen LogP contribution in [-0.4, -0.2) is 11.8 Å². The minimum atomic E-state index is -0.0850. The number of rotatable bonds is 0. The fourth-order valence-electron chi connectivity index (χ4n) is 3.63. The summed E-state index contributed by atoms with van der Waals surface area (Å²) in [5.41, 5.74) is 5.33. The number of hydrogen-bond donors (Lipinski definition) is 0. The molecule has 1 heterocycles. The highest BCUT2D eigenvalue weighted by Gasteiger charge is 2.40. The minimum Gasteiger partial charge on any atom is -0.288 e. The maximum atomic E-state index is 12.8. The van der Waals surface area contributed by atoms with Crippen LogP contribution in [0.3, 0.4) is 0 Å². The van der Waals surface area contributed by atoms with Gasteiger partial charge in [-0.05, 0) is 11.1 Å². The van der Waals surface area contributed by atoms with Gasteiger partial charge < -0.3 is 0 Å². The van der Waals surface area contributed by atoms with Crippen LogP contribution in [0.25, 0.3) is 5.70 Å². The highest BCUT2D eigenvalue weighted by atomic mass is 16.1. The predicted molar refractivity (Wildman–Crippen MR) is 84.3 cm³/mol. The molecule has 2 atom stereocenters. The lowest BCUT2D eigenvalue weighted by molar-refractivity contribution is 0.103. The molecule has 0 radical (unpaired) electrons. The van der Waals surface area contributed by atoms with Gasteiger partial charge in [0.05, 0.1) is 5.57 Å². The average Bonchev–Trinajstić information content (AvgIpc) is 2.88. The summed E-state index contributed by atoms with van der Waals surface area (Å²) in [6, 6.07) is 7.56. The van der Waals surface area contributed by atoms with Crippen molar-refractivity contribution in [3.63, 3.8) is 0 Å². The van der Waals surface area contributed by atoms with Crippen molar-refractivity contribution in [3.8, 4) is 0 Å². The van der Waals surface area contributed by atoms with E-state index in [4.69, 9.17) is 0 Å². The fraction of sp³-hybridized carbons (Fsp3) is 0.105. The molecule has 0 N–H and O–H groups in total. The Bertz CT molecular complexity index is 909. The van der Waals surface area contributed by atoms with Crippen molar-refractivity contribution in [2.24, 2.45) is 16.1 Å². The van der Waals surface area contributed by atoms with Crippen LogP contribution in [-0.2, 0) is 0 Å². The lowest BCUT2D eigenvalue weighted by atomic mass is 9.77. The number of nitrogens with zero attached hydrogens (tertiary/aromatic N) is 2. The topological polar surface area (TPSA) is 41.8 Å². The summed E-state index contributed by atoms with van der Waals surface area (Å²) < 4.78 is 0. The third-order valence-corrected chi connectivity index (χ3v) is 4.68. The number of carbonyl (C=O) groups is 1. The maximum absolute atomic E-state index is 12.8. The Morgan fingerprint density at radius 1 is 1.00 bits per heavy atom. The first-order valence-electron chi connectivity index (χ1n) is 7.41. The van der Waals surface area contributed by atoms with Crippen molar-refractivity contribution < 1.29 is 4.79 Å².